The number of rotatable bonds is 1. The van der Waals surface area contributed by atoms with Crippen molar-refractivity contribution in [2.75, 3.05) is 5.06 Å². The molecule has 0 aliphatic carbocycles. The van der Waals surface area contributed by atoms with Crippen LogP contribution in [0.1, 0.15) is 16.7 Å². The quantitative estimate of drug-likeness (QED) is 0.487. The number of amides is 1. The van der Waals surface area contributed by atoms with Crippen LogP contribution in [0.15, 0.2) is 48.2 Å². The monoisotopic (exact) mass is 328 g/mol. The number of carbonyl (C=O) groups excluding carboxylic acids is 1. The fourth-order valence-corrected chi connectivity index (χ4v) is 2.37. The zero-order valence-corrected chi connectivity index (χ0v) is 12.6. The summed E-state index contributed by atoms with van der Waals surface area (Å²) in [6.07, 6.45) is 0. The maximum atomic E-state index is 12.4. The van der Waals surface area contributed by atoms with Crippen LogP contribution in [0.4, 0.5) is 5.69 Å². The highest BCUT2D eigenvalue weighted by Gasteiger charge is 2.33. The van der Waals surface area contributed by atoms with E-state index in [4.69, 9.17) is 15.3 Å². The second-order valence-corrected chi connectivity index (χ2v) is 4.99. The zero-order chi connectivity index (χ0) is 18.0. The van der Waals surface area contributed by atoms with Gasteiger partial charge >= 0.3 is 5.91 Å². The maximum absolute atomic E-state index is 12.4. The van der Waals surface area contributed by atoms with Crippen molar-refractivity contribution in [2.24, 2.45) is 0 Å². The molecule has 1 N–H and O–H groups in total. The second kappa shape index (κ2) is 6.17. The standard InChI is InChI=1S/C18H8N4O3/c19-8-12-6-15-16(7-13(12)9-20)25-17(18(23)22(15)24)14(10-21)11-4-2-1-3-5-11/h1-7,24H/b17-14-. The van der Waals surface area contributed by atoms with Crippen molar-refractivity contribution in [3.8, 4) is 24.0 Å². The molecule has 7 nitrogen and oxygen atoms in total. The fraction of sp³-hybridized carbons (Fsp3) is 0. The fourth-order valence-electron chi connectivity index (χ4n) is 2.37. The van der Waals surface area contributed by atoms with Gasteiger partial charge in [-0.05, 0) is 11.6 Å². The van der Waals surface area contributed by atoms with E-state index in [1.807, 2.05) is 18.2 Å². The Morgan fingerprint density at radius 1 is 1.04 bits per heavy atom. The number of hydrogen-bond donors (Lipinski definition) is 1. The van der Waals surface area contributed by atoms with Crippen molar-refractivity contribution >= 4 is 17.2 Å². The van der Waals surface area contributed by atoms with Gasteiger partial charge in [0.25, 0.3) is 0 Å². The molecule has 118 valence electrons. The average molecular weight is 328 g/mol. The minimum Gasteiger partial charge on any atom is -0.448 e. The van der Waals surface area contributed by atoms with E-state index >= 15 is 0 Å². The Hall–Kier alpha value is -4.12. The molecule has 25 heavy (non-hydrogen) atoms. The topological polar surface area (TPSA) is 121 Å². The van der Waals surface area contributed by atoms with E-state index < -0.39 is 5.91 Å². The Morgan fingerprint density at radius 3 is 2.28 bits per heavy atom. The van der Waals surface area contributed by atoms with Gasteiger partial charge in [-0.15, -0.1) is 0 Å². The van der Waals surface area contributed by atoms with E-state index in [0.29, 0.717) is 10.6 Å². The smallest absolute Gasteiger partial charge is 0.319 e. The number of nitrogens with zero attached hydrogens (tertiary/aromatic N) is 4. The molecule has 7 heteroatoms. The van der Waals surface area contributed by atoms with Crippen LogP contribution >= 0.6 is 0 Å². The first-order valence-electron chi connectivity index (χ1n) is 7.00. The lowest BCUT2D eigenvalue weighted by Crippen LogP contribution is -2.35. The molecule has 1 aliphatic rings. The van der Waals surface area contributed by atoms with Crippen LogP contribution in [0.5, 0.6) is 5.75 Å². The number of allylic oxidation sites excluding steroid dienone is 1. The molecule has 0 bridgehead atoms. The van der Waals surface area contributed by atoms with E-state index in [0.717, 1.165) is 0 Å². The number of hydrogen-bond acceptors (Lipinski definition) is 6. The summed E-state index contributed by atoms with van der Waals surface area (Å²) in [4.78, 5) is 12.4. The molecule has 0 aromatic heterocycles. The summed E-state index contributed by atoms with van der Waals surface area (Å²) >= 11 is 0. The summed E-state index contributed by atoms with van der Waals surface area (Å²) in [5.41, 5.74) is 0.335. The molecule has 3 rings (SSSR count). The van der Waals surface area contributed by atoms with Gasteiger partial charge in [0.05, 0.1) is 11.1 Å². The number of benzene rings is 2. The van der Waals surface area contributed by atoms with Gasteiger partial charge in [-0.2, -0.15) is 20.8 Å². The molecule has 1 amide bonds. The lowest BCUT2D eigenvalue weighted by Gasteiger charge is -2.26. The number of anilines is 1. The molecule has 0 spiro atoms. The lowest BCUT2D eigenvalue weighted by atomic mass is 10.0. The van der Waals surface area contributed by atoms with E-state index in [9.17, 15) is 15.3 Å². The molecule has 0 atom stereocenters. The first-order chi connectivity index (χ1) is 12.1. The molecule has 2 aromatic rings. The predicted molar refractivity (Wildman–Crippen MR) is 84.7 cm³/mol. The van der Waals surface area contributed by atoms with Gasteiger partial charge in [0.15, 0.2) is 5.75 Å². The van der Waals surface area contributed by atoms with Crippen molar-refractivity contribution in [1.82, 2.24) is 0 Å². The van der Waals surface area contributed by atoms with E-state index in [1.54, 1.807) is 30.3 Å². The molecule has 1 aliphatic heterocycles. The summed E-state index contributed by atoms with van der Waals surface area (Å²) in [6.45, 7) is 0. The molecule has 0 fully saturated rings. The van der Waals surface area contributed by atoms with Gasteiger partial charge in [-0.3, -0.25) is 10.0 Å². The van der Waals surface area contributed by atoms with E-state index in [-0.39, 0.29) is 33.9 Å². The lowest BCUT2D eigenvalue weighted by molar-refractivity contribution is -0.122. The molecule has 2 aromatic carbocycles. The second-order valence-electron chi connectivity index (χ2n) is 4.99. The summed E-state index contributed by atoms with van der Waals surface area (Å²) < 4.78 is 5.51. The molecule has 0 saturated heterocycles. The number of fused-ring (bicyclic) bond motifs is 1. The number of nitriles is 3. The molecule has 0 saturated carbocycles. The van der Waals surface area contributed by atoms with Crippen LogP contribution < -0.4 is 9.80 Å². The van der Waals surface area contributed by atoms with Crippen LogP contribution in [0.3, 0.4) is 0 Å². The van der Waals surface area contributed by atoms with Gasteiger partial charge in [0.1, 0.15) is 29.5 Å². The number of carbonyl (C=O) groups is 1. The highest BCUT2D eigenvalue weighted by molar-refractivity contribution is 6.12. The highest BCUT2D eigenvalue weighted by atomic mass is 16.5. The van der Waals surface area contributed by atoms with Crippen molar-refractivity contribution in [1.29, 1.82) is 15.8 Å². The number of ether oxygens (including phenoxy) is 1. The van der Waals surface area contributed by atoms with Crippen molar-refractivity contribution < 1.29 is 14.7 Å². The third-order valence-electron chi connectivity index (χ3n) is 3.57. The normalized spacial score (nSPS) is 14.5. The Bertz CT molecular complexity index is 1040. The number of hydroxylamine groups is 1. The van der Waals surface area contributed by atoms with E-state index in [2.05, 4.69) is 0 Å². The van der Waals surface area contributed by atoms with E-state index in [1.165, 1.54) is 12.1 Å². The molecular weight excluding hydrogens is 320 g/mol. The third-order valence-corrected chi connectivity index (χ3v) is 3.57. The van der Waals surface area contributed by atoms with Crippen molar-refractivity contribution in [2.45, 2.75) is 0 Å². The van der Waals surface area contributed by atoms with Gasteiger partial charge < -0.3 is 4.74 Å². The largest absolute Gasteiger partial charge is 0.448 e. The Labute approximate surface area is 142 Å². The molecular formula is C18H8N4O3. The Morgan fingerprint density at radius 2 is 1.68 bits per heavy atom. The first-order valence-corrected chi connectivity index (χ1v) is 7.00. The van der Waals surface area contributed by atoms with Gasteiger partial charge in [0.2, 0.25) is 5.76 Å². The van der Waals surface area contributed by atoms with Crippen molar-refractivity contribution in [3.63, 3.8) is 0 Å². The van der Waals surface area contributed by atoms with Gasteiger partial charge in [0, 0.05) is 6.07 Å². The average Bonchev–Trinajstić information content (AvgIpc) is 2.66. The zero-order valence-electron chi connectivity index (χ0n) is 12.6. The van der Waals surface area contributed by atoms with Gasteiger partial charge in [-0.1, -0.05) is 30.3 Å². The summed E-state index contributed by atoms with van der Waals surface area (Å²) in [5.74, 6) is -1.31. The maximum Gasteiger partial charge on any atom is 0.319 e. The van der Waals surface area contributed by atoms with Gasteiger partial charge in [-0.25, -0.2) is 0 Å². The third kappa shape index (κ3) is 2.55. The summed E-state index contributed by atoms with van der Waals surface area (Å²) in [5, 5.41) is 38.0. The summed E-state index contributed by atoms with van der Waals surface area (Å²) in [6, 6.07) is 16.4. The Kier molecular flexibility index (Phi) is 3.89. The Balaban J connectivity index is 2.22. The van der Waals surface area contributed by atoms with Crippen LogP contribution in [-0.4, -0.2) is 11.1 Å². The minimum atomic E-state index is -0.943. The predicted octanol–water partition coefficient (Wildman–Crippen LogP) is 2.48. The first kappa shape index (κ1) is 15.8. The summed E-state index contributed by atoms with van der Waals surface area (Å²) in [7, 11) is 0. The van der Waals surface area contributed by atoms with Crippen molar-refractivity contribution in [3.05, 3.63) is 64.9 Å². The van der Waals surface area contributed by atoms with Crippen LogP contribution in [0, 0.1) is 34.0 Å². The molecule has 0 unspecified atom stereocenters. The van der Waals surface area contributed by atoms with Crippen LogP contribution in [-0.2, 0) is 4.79 Å². The van der Waals surface area contributed by atoms with Crippen LogP contribution in [0.2, 0.25) is 0 Å². The SMILES string of the molecule is N#C/C(=C1/Oc2cc(C#N)c(C#N)cc2N(O)C1=O)c1ccccc1. The molecule has 1 heterocycles. The van der Waals surface area contributed by atoms with Crippen LogP contribution in [0.25, 0.3) is 5.57 Å². The molecule has 0 radical (unpaired) electrons. The minimum absolute atomic E-state index is 0.00340. The highest BCUT2D eigenvalue weighted by Crippen LogP contribution is 2.38.